The van der Waals surface area contributed by atoms with Gasteiger partial charge in [0.1, 0.15) is 0 Å². The molecular formula is C11H18O4. The highest BCUT2D eigenvalue weighted by Gasteiger charge is 2.70. The van der Waals surface area contributed by atoms with Gasteiger partial charge in [0.25, 0.3) is 0 Å². The number of carbonyl (C=O) groups is 2. The maximum atomic E-state index is 11.6. The highest BCUT2D eigenvalue weighted by atomic mass is 16.5. The van der Waals surface area contributed by atoms with Crippen LogP contribution in [0.15, 0.2) is 0 Å². The molecule has 4 nitrogen and oxygen atoms in total. The van der Waals surface area contributed by atoms with Crippen LogP contribution in [0.2, 0.25) is 0 Å². The molecule has 0 aromatic rings. The summed E-state index contributed by atoms with van der Waals surface area (Å²) < 4.78 is 4.90. The van der Waals surface area contributed by atoms with Crippen LogP contribution in [-0.2, 0) is 14.3 Å². The summed E-state index contributed by atoms with van der Waals surface area (Å²) in [5.41, 5.74) is -0.363. The van der Waals surface area contributed by atoms with Gasteiger partial charge in [-0.2, -0.15) is 0 Å². The minimum absolute atomic E-state index is 0.311. The highest BCUT2D eigenvalue weighted by Crippen LogP contribution is 2.63. The molecule has 2 unspecified atom stereocenters. The van der Waals surface area contributed by atoms with Crippen LogP contribution in [0, 0.1) is 17.3 Å². The maximum Gasteiger partial charge on any atom is 0.310 e. The summed E-state index contributed by atoms with van der Waals surface area (Å²) in [6, 6.07) is 0. The van der Waals surface area contributed by atoms with E-state index in [4.69, 9.17) is 9.84 Å². The molecule has 0 saturated heterocycles. The van der Waals surface area contributed by atoms with Gasteiger partial charge in [-0.25, -0.2) is 0 Å². The molecule has 1 rings (SSSR count). The van der Waals surface area contributed by atoms with Gasteiger partial charge in [-0.05, 0) is 25.2 Å². The number of aliphatic carboxylic acids is 1. The van der Waals surface area contributed by atoms with Crippen LogP contribution in [-0.4, -0.2) is 23.7 Å². The van der Waals surface area contributed by atoms with Crippen LogP contribution < -0.4 is 0 Å². The Morgan fingerprint density at radius 1 is 1.20 bits per heavy atom. The van der Waals surface area contributed by atoms with Crippen molar-refractivity contribution in [2.24, 2.45) is 17.3 Å². The van der Waals surface area contributed by atoms with Gasteiger partial charge < -0.3 is 9.84 Å². The van der Waals surface area contributed by atoms with Gasteiger partial charge in [0.15, 0.2) is 0 Å². The van der Waals surface area contributed by atoms with Crippen molar-refractivity contribution in [1.29, 1.82) is 0 Å². The van der Waals surface area contributed by atoms with Gasteiger partial charge >= 0.3 is 11.9 Å². The fraction of sp³-hybridized carbons (Fsp3) is 0.818. The van der Waals surface area contributed by atoms with Crippen LogP contribution in [0.3, 0.4) is 0 Å². The van der Waals surface area contributed by atoms with Crippen LogP contribution in [0.1, 0.15) is 33.6 Å². The molecule has 1 aliphatic rings. The van der Waals surface area contributed by atoms with E-state index in [-0.39, 0.29) is 11.4 Å². The summed E-state index contributed by atoms with van der Waals surface area (Å²) in [4.78, 5) is 22.6. The maximum absolute atomic E-state index is 11.6. The molecule has 2 atom stereocenters. The van der Waals surface area contributed by atoms with Crippen molar-refractivity contribution in [3.8, 4) is 0 Å². The molecule has 0 aliphatic heterocycles. The van der Waals surface area contributed by atoms with Gasteiger partial charge in [0.2, 0.25) is 0 Å². The largest absolute Gasteiger partial charge is 0.481 e. The van der Waals surface area contributed by atoms with Crippen molar-refractivity contribution >= 4 is 11.9 Å². The Bertz CT molecular complexity index is 268. The zero-order valence-corrected chi connectivity index (χ0v) is 9.45. The quantitative estimate of drug-likeness (QED) is 0.707. The second-order valence-electron chi connectivity index (χ2n) is 3.99. The summed E-state index contributed by atoms with van der Waals surface area (Å²) in [6.07, 6.45) is 1.42. The number of carboxylic acid groups (broad SMARTS) is 1. The fourth-order valence-corrected chi connectivity index (χ4v) is 2.61. The lowest BCUT2D eigenvalue weighted by molar-refractivity contribution is -0.148. The SMILES string of the molecule is CCOC(=O)C1C(C(=O)O)C1(CC)CC. The molecule has 0 amide bonds. The summed E-state index contributed by atoms with van der Waals surface area (Å²) in [5.74, 6) is -2.22. The van der Waals surface area contributed by atoms with E-state index in [9.17, 15) is 9.59 Å². The van der Waals surface area contributed by atoms with E-state index in [0.717, 1.165) is 0 Å². The van der Waals surface area contributed by atoms with E-state index >= 15 is 0 Å². The Balaban J connectivity index is 2.81. The smallest absolute Gasteiger partial charge is 0.310 e. The summed E-state index contributed by atoms with van der Waals surface area (Å²) in [6.45, 7) is 5.90. The first-order valence-electron chi connectivity index (χ1n) is 5.44. The second-order valence-corrected chi connectivity index (χ2v) is 3.99. The van der Waals surface area contributed by atoms with Crippen LogP contribution >= 0.6 is 0 Å². The third-order valence-electron chi connectivity index (χ3n) is 3.59. The lowest BCUT2D eigenvalue weighted by atomic mass is 9.95. The molecule has 15 heavy (non-hydrogen) atoms. The molecule has 1 N–H and O–H groups in total. The van der Waals surface area contributed by atoms with Crippen molar-refractivity contribution in [2.75, 3.05) is 6.61 Å². The van der Waals surface area contributed by atoms with E-state index < -0.39 is 17.8 Å². The van der Waals surface area contributed by atoms with Gasteiger partial charge in [-0.3, -0.25) is 9.59 Å². The molecule has 4 heteroatoms. The van der Waals surface area contributed by atoms with Crippen molar-refractivity contribution in [2.45, 2.75) is 33.6 Å². The van der Waals surface area contributed by atoms with E-state index in [1.807, 2.05) is 13.8 Å². The van der Waals surface area contributed by atoms with Crippen LogP contribution in [0.5, 0.6) is 0 Å². The predicted octanol–water partition coefficient (Wildman–Crippen LogP) is 1.69. The van der Waals surface area contributed by atoms with Crippen molar-refractivity contribution in [1.82, 2.24) is 0 Å². The van der Waals surface area contributed by atoms with Gasteiger partial charge in [-0.1, -0.05) is 13.8 Å². The zero-order chi connectivity index (χ0) is 11.6. The van der Waals surface area contributed by atoms with Crippen molar-refractivity contribution in [3.63, 3.8) is 0 Å². The summed E-state index contributed by atoms with van der Waals surface area (Å²) >= 11 is 0. The first kappa shape index (κ1) is 12.0. The minimum atomic E-state index is -0.878. The number of esters is 1. The molecule has 0 bridgehead atoms. The molecule has 1 fully saturated rings. The zero-order valence-electron chi connectivity index (χ0n) is 9.45. The third kappa shape index (κ3) is 1.73. The van der Waals surface area contributed by atoms with Gasteiger partial charge in [0, 0.05) is 0 Å². The number of hydrogen-bond acceptors (Lipinski definition) is 3. The van der Waals surface area contributed by atoms with E-state index in [2.05, 4.69) is 0 Å². The second kappa shape index (κ2) is 4.21. The standard InChI is InChI=1S/C11H18O4/c1-4-11(5-2)7(9(12)13)8(11)10(14)15-6-3/h7-8H,4-6H2,1-3H3,(H,12,13). The Morgan fingerprint density at radius 2 is 1.73 bits per heavy atom. The van der Waals surface area contributed by atoms with E-state index in [0.29, 0.717) is 19.4 Å². The van der Waals surface area contributed by atoms with Crippen LogP contribution in [0.4, 0.5) is 0 Å². The predicted molar refractivity (Wildman–Crippen MR) is 54.3 cm³/mol. The lowest BCUT2D eigenvalue weighted by Gasteiger charge is -2.10. The number of ether oxygens (including phenoxy) is 1. The lowest BCUT2D eigenvalue weighted by Crippen LogP contribution is -2.12. The summed E-state index contributed by atoms with van der Waals surface area (Å²) in [5, 5.41) is 9.03. The number of rotatable bonds is 5. The molecule has 0 aromatic heterocycles. The molecule has 1 aliphatic carbocycles. The third-order valence-corrected chi connectivity index (χ3v) is 3.59. The van der Waals surface area contributed by atoms with E-state index in [1.54, 1.807) is 6.92 Å². The normalized spacial score (nSPS) is 27.1. The van der Waals surface area contributed by atoms with Crippen LogP contribution in [0.25, 0.3) is 0 Å². The molecule has 1 saturated carbocycles. The molecule has 0 radical (unpaired) electrons. The minimum Gasteiger partial charge on any atom is -0.481 e. The Hall–Kier alpha value is -1.06. The molecule has 0 aromatic carbocycles. The van der Waals surface area contributed by atoms with Crippen molar-refractivity contribution < 1.29 is 19.4 Å². The first-order valence-corrected chi connectivity index (χ1v) is 5.44. The molecule has 86 valence electrons. The number of hydrogen-bond donors (Lipinski definition) is 1. The summed E-state index contributed by atoms with van der Waals surface area (Å²) in [7, 11) is 0. The fourth-order valence-electron chi connectivity index (χ4n) is 2.61. The van der Waals surface area contributed by atoms with E-state index in [1.165, 1.54) is 0 Å². The Morgan fingerprint density at radius 3 is 2.00 bits per heavy atom. The van der Waals surface area contributed by atoms with Crippen molar-refractivity contribution in [3.05, 3.63) is 0 Å². The molecular weight excluding hydrogens is 196 g/mol. The average molecular weight is 214 g/mol. The first-order chi connectivity index (χ1) is 7.05. The average Bonchev–Trinajstić information content (AvgIpc) is 2.88. The monoisotopic (exact) mass is 214 g/mol. The topological polar surface area (TPSA) is 63.6 Å². The number of carbonyl (C=O) groups excluding carboxylic acids is 1. The number of carboxylic acids is 1. The Kier molecular flexibility index (Phi) is 3.37. The van der Waals surface area contributed by atoms with Gasteiger partial charge in [-0.15, -0.1) is 0 Å². The molecule has 0 heterocycles. The van der Waals surface area contributed by atoms with Gasteiger partial charge in [0.05, 0.1) is 18.4 Å². The highest BCUT2D eigenvalue weighted by molar-refractivity contribution is 5.89. The molecule has 0 spiro atoms. The Labute approximate surface area is 89.6 Å².